The Hall–Kier alpha value is -5.75. The zero-order valence-corrected chi connectivity index (χ0v) is 68.5. The Balaban J connectivity index is 0.000000203. The minimum absolute atomic E-state index is 0.00994. The minimum atomic E-state index is -4.59. The fourth-order valence-electron chi connectivity index (χ4n) is 15.7. The summed E-state index contributed by atoms with van der Waals surface area (Å²) in [7, 11) is -9.19. The van der Waals surface area contributed by atoms with Crippen molar-refractivity contribution in [2.24, 2.45) is 69.3 Å². The van der Waals surface area contributed by atoms with E-state index in [0.717, 1.165) is 111 Å². The summed E-state index contributed by atoms with van der Waals surface area (Å²) in [6, 6.07) is 3.82. The number of phosphoric ester groups is 2. The van der Waals surface area contributed by atoms with Crippen LogP contribution in [0.2, 0.25) is 0 Å². The number of carboxylic acid groups (broad SMARTS) is 3. The molecule has 1 aliphatic heterocycles. The molecule has 23 nitrogen and oxygen atoms in total. The Kier molecular flexibility index (Phi) is 29.7. The Morgan fingerprint density at radius 3 is 1.01 bits per heavy atom. The number of amides is 3. The smallest absolute Gasteiger partial charge is 0.469 e. The van der Waals surface area contributed by atoms with E-state index in [4.69, 9.17) is 39.1 Å². The number of thiophene rings is 3. The van der Waals surface area contributed by atoms with Gasteiger partial charge in [-0.3, -0.25) is 28.2 Å². The number of carbonyl (C=O) groups excluding carboxylic acids is 4. The van der Waals surface area contributed by atoms with Gasteiger partial charge >= 0.3 is 39.5 Å². The van der Waals surface area contributed by atoms with Crippen LogP contribution in [0, 0.1) is 99.1 Å². The second-order valence-electron chi connectivity index (χ2n) is 33.9. The molecule has 4 heterocycles. The molecule has 6 saturated carbocycles. The van der Waals surface area contributed by atoms with Crippen molar-refractivity contribution < 1.29 is 91.4 Å². The van der Waals surface area contributed by atoms with Crippen LogP contribution in [0.5, 0.6) is 0 Å². The molecule has 7 aliphatic rings. The summed E-state index contributed by atoms with van der Waals surface area (Å²) in [6.45, 7) is 26.4. The molecule has 7 fully saturated rings. The first kappa shape index (κ1) is 86.8. The molecule has 107 heavy (non-hydrogen) atoms. The highest BCUT2D eigenvalue weighted by atomic mass is 32.1. The van der Waals surface area contributed by atoms with Crippen molar-refractivity contribution in [3.63, 3.8) is 0 Å². The number of ether oxygens (including phenoxy) is 1. The number of nitrogens with two attached hydrogens (primary N) is 1. The van der Waals surface area contributed by atoms with Crippen LogP contribution in [-0.4, -0.2) is 119 Å². The van der Waals surface area contributed by atoms with E-state index in [0.29, 0.717) is 120 Å². The lowest BCUT2D eigenvalue weighted by molar-refractivity contribution is -0.169. The van der Waals surface area contributed by atoms with Crippen molar-refractivity contribution in [2.45, 2.75) is 280 Å². The second kappa shape index (κ2) is 36.6. The number of hydrogen-bond donors (Lipinski definition) is 8. The largest absolute Gasteiger partial charge is 0.477 e. The SMILES string of the molecule is CC1CCC(C(=O)N(c2cc(C#CC(C)(C)C)sc2C(=O)O)C2CCC(OP(=O)(O)O)CC2)CC1.CC1CCC(C(=O)N(c2cc(C#CC(C)(C)C)sc2C(=O)O)C2CCC(OP(=O)(O)O)CC2)CC1.CC1CCC(C(=O)N(c2cc(C#CC(C)(C)C)sc2C(=O)O)[C@H]2CC[C@@H]3OC(=O)[C@@H](N)C(C)C3C2)CC1. The van der Waals surface area contributed by atoms with E-state index in [1.807, 2.05) is 69.2 Å². The normalized spacial score (nSPS) is 27.7. The van der Waals surface area contributed by atoms with Crippen LogP contribution in [0.4, 0.5) is 17.1 Å². The molecule has 3 amide bonds. The summed E-state index contributed by atoms with van der Waals surface area (Å²) in [5.41, 5.74) is 6.62. The summed E-state index contributed by atoms with van der Waals surface area (Å²) < 4.78 is 37.9. The predicted molar refractivity (Wildman–Crippen MR) is 415 cm³/mol. The van der Waals surface area contributed by atoms with Gasteiger partial charge in [-0.05, 0) is 252 Å². The lowest BCUT2D eigenvalue weighted by atomic mass is 9.71. The number of phosphoric acid groups is 2. The Morgan fingerprint density at radius 1 is 0.458 bits per heavy atom. The summed E-state index contributed by atoms with van der Waals surface area (Å²) in [5, 5.41) is 30.1. The number of esters is 1. The highest BCUT2D eigenvalue weighted by Gasteiger charge is 2.49. The maximum absolute atomic E-state index is 14.2. The van der Waals surface area contributed by atoms with Crippen LogP contribution in [0.1, 0.15) is 281 Å². The molecule has 9 N–H and O–H groups in total. The average Bonchev–Trinajstić information content (AvgIpc) is 1.79. The van der Waals surface area contributed by atoms with Crippen LogP contribution >= 0.6 is 49.7 Å². The molecule has 0 aromatic carbocycles. The molecule has 10 rings (SSSR count). The van der Waals surface area contributed by atoms with Crippen LogP contribution in [0.15, 0.2) is 18.2 Å². The number of nitrogens with zero attached hydrogens (tertiary/aromatic N) is 3. The Morgan fingerprint density at radius 2 is 0.738 bits per heavy atom. The van der Waals surface area contributed by atoms with E-state index >= 15 is 0 Å². The standard InChI is InChI=1S/C29H40N2O5S.2C25H36NO7PS/c1-16-6-8-18(9-7-16)26(32)31(19-10-11-23-21(14-19)17(2)24(30)28(35)36-23)22-15-20(12-13-29(3,4)5)37-25(22)27(33)34;2*1-16-5-7-17(8-6-16)23(27)26(18-9-11-19(12-10-18)33-34(30,31)32)21-15-20(13-14-25(2,3)4)35-22(21)24(28)29/h15-19,21,23-24H,6-11,14,30H2,1-5H3,(H,33,34);2*15-19H,5-12H2,1-4H3,(H,28,29)(H2,30,31,32)/t16?,17?,18?,19-,21?,23-,24-;;/m0../s1. The molecule has 5 atom stereocenters. The first-order valence-corrected chi connectivity index (χ1v) is 43.5. The van der Waals surface area contributed by atoms with Gasteiger partial charge in [0, 0.05) is 58.0 Å². The van der Waals surface area contributed by atoms with Gasteiger partial charge in [-0.1, -0.05) is 63.2 Å². The topological polar surface area (TPSA) is 359 Å². The minimum Gasteiger partial charge on any atom is -0.477 e. The first-order chi connectivity index (χ1) is 49.8. The number of anilines is 3. The first-order valence-electron chi connectivity index (χ1n) is 38.0. The number of aromatic carboxylic acids is 3. The van der Waals surface area contributed by atoms with E-state index in [-0.39, 0.29) is 108 Å². The van der Waals surface area contributed by atoms with Crippen molar-refractivity contribution in [3.05, 3.63) is 47.5 Å². The predicted octanol–water partition coefficient (Wildman–Crippen LogP) is 15.9. The summed E-state index contributed by atoms with van der Waals surface area (Å²) >= 11 is 3.29. The van der Waals surface area contributed by atoms with E-state index in [2.05, 4.69) is 56.3 Å². The third-order valence-corrected chi connectivity index (χ3v) is 25.8. The zero-order valence-electron chi connectivity index (χ0n) is 64.2. The molecular weight excluding hydrogens is 1470 g/mol. The fraction of sp³-hybridized carbons (Fsp3) is 0.684. The van der Waals surface area contributed by atoms with Gasteiger partial charge in [0.2, 0.25) is 17.7 Å². The van der Waals surface area contributed by atoms with Crippen molar-refractivity contribution in [3.8, 4) is 35.5 Å². The van der Waals surface area contributed by atoms with E-state index in [1.165, 1.54) is 0 Å². The van der Waals surface area contributed by atoms with E-state index < -0.39 is 51.8 Å². The Bertz CT molecular complexity index is 3800. The monoisotopic (exact) mass is 1580 g/mol. The van der Waals surface area contributed by atoms with Crippen molar-refractivity contribution >= 4 is 108 Å². The molecule has 28 heteroatoms. The molecule has 1 saturated heterocycles. The van der Waals surface area contributed by atoms with Gasteiger partial charge in [0.1, 0.15) is 26.8 Å². The molecule has 0 bridgehead atoms. The van der Waals surface area contributed by atoms with Crippen LogP contribution in [-0.2, 0) is 42.1 Å². The zero-order chi connectivity index (χ0) is 79.0. The van der Waals surface area contributed by atoms with Crippen molar-refractivity contribution in [1.29, 1.82) is 0 Å². The summed E-state index contributed by atoms with van der Waals surface area (Å²) in [4.78, 5) is 135. The molecule has 3 aromatic rings. The van der Waals surface area contributed by atoms with Gasteiger partial charge in [0.25, 0.3) is 0 Å². The quantitative estimate of drug-likeness (QED) is 0.0375. The molecule has 0 radical (unpaired) electrons. The number of hydrogen-bond acceptors (Lipinski definition) is 16. The van der Waals surface area contributed by atoms with Gasteiger partial charge in [0.05, 0.1) is 43.9 Å². The molecular formula is C79H112N4O19P2S3. The molecule has 6 aliphatic carbocycles. The maximum atomic E-state index is 14.2. The number of carboxylic acids is 3. The summed E-state index contributed by atoms with van der Waals surface area (Å²) in [6.07, 6.45) is 14.5. The van der Waals surface area contributed by atoms with Crippen LogP contribution < -0.4 is 20.4 Å². The number of rotatable bonds is 16. The number of fused-ring (bicyclic) bond motifs is 1. The third kappa shape index (κ3) is 24.9. The van der Waals surface area contributed by atoms with Crippen molar-refractivity contribution in [1.82, 2.24) is 0 Å². The maximum Gasteiger partial charge on any atom is 0.469 e. The second-order valence-corrected chi connectivity index (χ2v) is 39.5. The molecule has 3 aromatic heterocycles. The lowest BCUT2D eigenvalue weighted by Crippen LogP contribution is -2.57. The van der Waals surface area contributed by atoms with Crippen molar-refractivity contribution in [2.75, 3.05) is 14.7 Å². The van der Waals surface area contributed by atoms with Crippen LogP contribution in [0.3, 0.4) is 0 Å². The third-order valence-electron chi connectivity index (χ3n) is 21.5. The summed E-state index contributed by atoms with van der Waals surface area (Å²) in [5.74, 6) is 16.3. The molecule has 0 spiro atoms. The van der Waals surface area contributed by atoms with Gasteiger partial charge in [0.15, 0.2) is 0 Å². The van der Waals surface area contributed by atoms with E-state index in [1.54, 1.807) is 32.9 Å². The Labute approximate surface area is 643 Å². The molecule has 590 valence electrons. The highest BCUT2D eigenvalue weighted by Crippen LogP contribution is 2.48. The highest BCUT2D eigenvalue weighted by molar-refractivity contribution is 7.46. The van der Waals surface area contributed by atoms with Crippen LogP contribution in [0.25, 0.3) is 0 Å². The van der Waals surface area contributed by atoms with E-state index in [9.17, 15) is 58.0 Å². The van der Waals surface area contributed by atoms with Gasteiger partial charge in [-0.25, -0.2) is 23.5 Å². The fourth-order valence-corrected chi connectivity index (χ4v) is 19.4. The van der Waals surface area contributed by atoms with Gasteiger partial charge in [-0.15, -0.1) is 34.0 Å². The van der Waals surface area contributed by atoms with Gasteiger partial charge in [-0.2, -0.15) is 0 Å². The number of carbonyl (C=O) groups is 7. The average molecular weight is 1580 g/mol. The lowest BCUT2D eigenvalue weighted by Gasteiger charge is -2.47. The molecule has 2 unspecified atom stereocenters. The van der Waals surface area contributed by atoms with Gasteiger partial charge < -0.3 is 60.1 Å².